The Kier molecular flexibility index (Phi) is 4.23. The third kappa shape index (κ3) is 3.39. The largest absolute Gasteiger partial charge is 0.508 e. The first kappa shape index (κ1) is 14.6. The van der Waals surface area contributed by atoms with Gasteiger partial charge in [-0.15, -0.1) is 0 Å². The van der Waals surface area contributed by atoms with Crippen LogP contribution in [0, 0.1) is 0 Å². The Morgan fingerprint density at radius 1 is 1.00 bits per heavy atom. The third-order valence-electron chi connectivity index (χ3n) is 3.09. The number of phenols is 1. The van der Waals surface area contributed by atoms with Gasteiger partial charge in [0, 0.05) is 13.6 Å². The average Bonchev–Trinajstić information content (AvgIpc) is 2.48. The molecule has 21 heavy (non-hydrogen) atoms. The molecule has 2 N–H and O–H groups in total. The van der Waals surface area contributed by atoms with Gasteiger partial charge in [-0.25, -0.2) is 4.79 Å². The van der Waals surface area contributed by atoms with Gasteiger partial charge in [0.15, 0.2) is 0 Å². The lowest BCUT2D eigenvalue weighted by atomic mass is 10.1. The van der Waals surface area contributed by atoms with Crippen LogP contribution in [0.4, 0.5) is 0 Å². The van der Waals surface area contributed by atoms with Crippen LogP contribution in [0.3, 0.4) is 0 Å². The molecule has 108 valence electrons. The first-order valence-corrected chi connectivity index (χ1v) is 6.34. The van der Waals surface area contributed by atoms with E-state index in [0.29, 0.717) is 6.54 Å². The number of aromatic hydroxyl groups is 1. The maximum Gasteiger partial charge on any atom is 0.336 e. The first-order valence-electron chi connectivity index (χ1n) is 6.34. The van der Waals surface area contributed by atoms with Crippen molar-refractivity contribution in [1.82, 2.24) is 4.90 Å². The van der Waals surface area contributed by atoms with Crippen molar-refractivity contribution in [3.8, 4) is 5.75 Å². The molecule has 5 nitrogen and oxygen atoms in total. The van der Waals surface area contributed by atoms with Gasteiger partial charge in [-0.3, -0.25) is 4.79 Å². The number of aromatic carboxylic acids is 1. The molecule has 1 amide bonds. The van der Waals surface area contributed by atoms with Crippen molar-refractivity contribution in [2.24, 2.45) is 0 Å². The fourth-order valence-corrected chi connectivity index (χ4v) is 2.01. The zero-order valence-corrected chi connectivity index (χ0v) is 11.5. The predicted octanol–water partition coefficient (Wildman–Crippen LogP) is 2.36. The second kappa shape index (κ2) is 6.09. The average molecular weight is 285 g/mol. The van der Waals surface area contributed by atoms with Gasteiger partial charge in [-0.2, -0.15) is 0 Å². The highest BCUT2D eigenvalue weighted by Gasteiger charge is 2.19. The number of amides is 1. The summed E-state index contributed by atoms with van der Waals surface area (Å²) in [4.78, 5) is 24.9. The molecule has 2 aromatic carbocycles. The number of phenolic OH excluding ortho intramolecular Hbond substituents is 1. The van der Waals surface area contributed by atoms with E-state index < -0.39 is 5.97 Å². The van der Waals surface area contributed by atoms with Crippen LogP contribution in [0.1, 0.15) is 26.3 Å². The van der Waals surface area contributed by atoms with Crippen molar-refractivity contribution in [1.29, 1.82) is 0 Å². The van der Waals surface area contributed by atoms with Crippen molar-refractivity contribution >= 4 is 11.9 Å². The van der Waals surface area contributed by atoms with Crippen LogP contribution in [0.15, 0.2) is 48.5 Å². The SMILES string of the molecule is CN(Cc1ccc(O)cc1)C(=O)c1ccccc1C(=O)O. The summed E-state index contributed by atoms with van der Waals surface area (Å²) >= 11 is 0. The maximum atomic E-state index is 12.4. The zero-order valence-electron chi connectivity index (χ0n) is 11.5. The highest BCUT2D eigenvalue weighted by atomic mass is 16.4. The van der Waals surface area contributed by atoms with Crippen LogP contribution >= 0.6 is 0 Å². The van der Waals surface area contributed by atoms with Crippen LogP contribution < -0.4 is 0 Å². The van der Waals surface area contributed by atoms with E-state index in [1.54, 1.807) is 43.4 Å². The molecule has 0 heterocycles. The van der Waals surface area contributed by atoms with Gasteiger partial charge in [0.1, 0.15) is 5.75 Å². The molecule has 0 bridgehead atoms. The number of benzene rings is 2. The van der Waals surface area contributed by atoms with Crippen molar-refractivity contribution in [3.05, 3.63) is 65.2 Å². The van der Waals surface area contributed by atoms with E-state index in [-0.39, 0.29) is 22.8 Å². The second-order valence-electron chi connectivity index (χ2n) is 4.68. The molecule has 2 aromatic rings. The van der Waals surface area contributed by atoms with Gasteiger partial charge in [0.25, 0.3) is 5.91 Å². The lowest BCUT2D eigenvalue weighted by Crippen LogP contribution is -2.27. The van der Waals surface area contributed by atoms with Crippen molar-refractivity contribution in [2.75, 3.05) is 7.05 Å². The van der Waals surface area contributed by atoms with E-state index in [1.807, 2.05) is 0 Å². The van der Waals surface area contributed by atoms with Crippen LogP contribution in [-0.4, -0.2) is 34.0 Å². The van der Waals surface area contributed by atoms with Crippen molar-refractivity contribution < 1.29 is 19.8 Å². The molecule has 0 aliphatic heterocycles. The summed E-state index contributed by atoms with van der Waals surface area (Å²) in [7, 11) is 1.60. The van der Waals surface area contributed by atoms with Crippen LogP contribution in [0.2, 0.25) is 0 Å². The summed E-state index contributed by atoms with van der Waals surface area (Å²) in [5.41, 5.74) is 0.989. The number of carbonyl (C=O) groups excluding carboxylic acids is 1. The van der Waals surface area contributed by atoms with Gasteiger partial charge in [-0.1, -0.05) is 24.3 Å². The fraction of sp³-hybridized carbons (Fsp3) is 0.125. The molecule has 0 aliphatic carbocycles. The molecule has 0 aromatic heterocycles. The molecule has 5 heteroatoms. The van der Waals surface area contributed by atoms with Gasteiger partial charge in [-0.05, 0) is 29.8 Å². The molecule has 0 aliphatic rings. The third-order valence-corrected chi connectivity index (χ3v) is 3.09. The molecule has 0 atom stereocenters. The smallest absolute Gasteiger partial charge is 0.336 e. The number of carboxylic acid groups (broad SMARTS) is 1. The molecule has 2 rings (SSSR count). The molecule has 0 saturated carbocycles. The highest BCUT2D eigenvalue weighted by Crippen LogP contribution is 2.15. The minimum atomic E-state index is -1.13. The van der Waals surface area contributed by atoms with E-state index in [1.165, 1.54) is 17.0 Å². The number of rotatable bonds is 4. The summed E-state index contributed by atoms with van der Waals surface area (Å²) in [6.45, 7) is 0.326. The molecular formula is C16H15NO4. The van der Waals surface area contributed by atoms with E-state index >= 15 is 0 Å². The summed E-state index contributed by atoms with van der Waals surface area (Å²) < 4.78 is 0. The molecular weight excluding hydrogens is 270 g/mol. The predicted molar refractivity (Wildman–Crippen MR) is 77.3 cm³/mol. The second-order valence-corrected chi connectivity index (χ2v) is 4.68. The highest BCUT2D eigenvalue weighted by molar-refractivity contribution is 6.04. The minimum Gasteiger partial charge on any atom is -0.508 e. The van der Waals surface area contributed by atoms with E-state index in [9.17, 15) is 14.7 Å². The maximum absolute atomic E-state index is 12.4. The number of nitrogens with zero attached hydrogens (tertiary/aromatic N) is 1. The van der Waals surface area contributed by atoms with Crippen molar-refractivity contribution in [3.63, 3.8) is 0 Å². The van der Waals surface area contributed by atoms with Gasteiger partial charge < -0.3 is 15.1 Å². The lowest BCUT2D eigenvalue weighted by Gasteiger charge is -2.18. The Balaban J connectivity index is 2.20. The summed E-state index contributed by atoms with van der Waals surface area (Å²) in [6, 6.07) is 12.6. The van der Waals surface area contributed by atoms with E-state index in [2.05, 4.69) is 0 Å². The van der Waals surface area contributed by atoms with Gasteiger partial charge in [0.2, 0.25) is 0 Å². The zero-order chi connectivity index (χ0) is 15.4. The van der Waals surface area contributed by atoms with Crippen LogP contribution in [0.5, 0.6) is 5.75 Å². The van der Waals surface area contributed by atoms with Crippen LogP contribution in [0.25, 0.3) is 0 Å². The minimum absolute atomic E-state index is 0.0138. The number of carboxylic acids is 1. The molecule has 0 spiro atoms. The summed E-state index contributed by atoms with van der Waals surface area (Å²) in [5.74, 6) is -1.33. The Hall–Kier alpha value is -2.82. The number of hydrogen-bond donors (Lipinski definition) is 2. The summed E-state index contributed by atoms with van der Waals surface area (Å²) in [5, 5.41) is 18.3. The summed E-state index contributed by atoms with van der Waals surface area (Å²) in [6.07, 6.45) is 0. The molecule has 0 unspecified atom stereocenters. The Morgan fingerprint density at radius 2 is 1.57 bits per heavy atom. The van der Waals surface area contributed by atoms with E-state index in [4.69, 9.17) is 5.11 Å². The normalized spacial score (nSPS) is 10.1. The van der Waals surface area contributed by atoms with Gasteiger partial charge >= 0.3 is 5.97 Å². The quantitative estimate of drug-likeness (QED) is 0.904. The number of carbonyl (C=O) groups is 2. The first-order chi connectivity index (χ1) is 9.99. The molecule has 0 fully saturated rings. The standard InChI is InChI=1S/C16H15NO4/c1-17(10-11-6-8-12(18)9-7-11)15(19)13-4-2-3-5-14(13)16(20)21/h2-9,18H,10H2,1H3,(H,20,21). The molecule has 0 radical (unpaired) electrons. The lowest BCUT2D eigenvalue weighted by molar-refractivity contribution is 0.0680. The Labute approximate surface area is 122 Å². The molecule has 0 saturated heterocycles. The van der Waals surface area contributed by atoms with Crippen LogP contribution in [-0.2, 0) is 6.54 Å². The Morgan fingerprint density at radius 3 is 2.14 bits per heavy atom. The van der Waals surface area contributed by atoms with E-state index in [0.717, 1.165) is 5.56 Å². The van der Waals surface area contributed by atoms with Gasteiger partial charge in [0.05, 0.1) is 11.1 Å². The number of hydrogen-bond acceptors (Lipinski definition) is 3. The van der Waals surface area contributed by atoms with Crippen molar-refractivity contribution in [2.45, 2.75) is 6.54 Å². The fourth-order valence-electron chi connectivity index (χ4n) is 2.01. The topological polar surface area (TPSA) is 77.8 Å². The monoisotopic (exact) mass is 285 g/mol. The Bertz CT molecular complexity index is 664.